The van der Waals surface area contributed by atoms with Gasteiger partial charge in [-0.05, 0) is 35.6 Å². The quantitative estimate of drug-likeness (QED) is 0.177. The molecule has 0 unspecified atom stereocenters. The molecule has 0 amide bonds. The fourth-order valence-electron chi connectivity index (χ4n) is 4.32. The third-order valence-electron chi connectivity index (χ3n) is 6.48. The third kappa shape index (κ3) is 6.48. The highest BCUT2D eigenvalue weighted by atomic mass is 28.4. The zero-order chi connectivity index (χ0) is 25.3. The van der Waals surface area contributed by atoms with Gasteiger partial charge in [-0.2, -0.15) is 5.26 Å². The van der Waals surface area contributed by atoms with Crippen molar-refractivity contribution in [3.05, 3.63) is 83.7 Å². The van der Waals surface area contributed by atoms with Crippen molar-refractivity contribution in [2.24, 2.45) is 0 Å². The number of unbranched alkanes of at least 4 members (excludes halogenated alkanes) is 2. The molecule has 6 heteroatoms. The molecule has 0 saturated carbocycles. The van der Waals surface area contributed by atoms with Gasteiger partial charge in [0.05, 0.1) is 18.3 Å². The van der Waals surface area contributed by atoms with Crippen molar-refractivity contribution in [3.63, 3.8) is 0 Å². The van der Waals surface area contributed by atoms with Gasteiger partial charge in [-0.25, -0.2) is 4.68 Å². The second-order valence-corrected chi connectivity index (χ2v) is 13.9. The first kappa shape index (κ1) is 26.4. The number of hydrogen-bond donors (Lipinski definition) is 0. The van der Waals surface area contributed by atoms with Crippen LogP contribution >= 0.6 is 0 Å². The fourth-order valence-corrected chi connectivity index (χ4v) is 7.88. The van der Waals surface area contributed by atoms with Crippen LogP contribution in [0.25, 0.3) is 0 Å². The van der Waals surface area contributed by atoms with Gasteiger partial charge in [-0.3, -0.25) is 0 Å². The SMILES string of the molecule is CC(C)[Si](C#CCCCC#N)(O[C@H](c1ccccc1)c1cn([C@H](C)c2ccccc2)nn1)C(C)C. The Morgan fingerprint density at radius 2 is 1.49 bits per heavy atom. The lowest BCUT2D eigenvalue weighted by molar-refractivity contribution is 0.223. The highest BCUT2D eigenvalue weighted by Crippen LogP contribution is 2.39. The molecule has 0 N–H and O–H groups in total. The third-order valence-corrected chi connectivity index (χ3v) is 11.1. The number of nitrogens with zero attached hydrogens (tertiary/aromatic N) is 4. The molecule has 0 aliphatic heterocycles. The molecular weight excluding hydrogens is 448 g/mol. The zero-order valence-electron chi connectivity index (χ0n) is 21.5. The molecule has 0 spiro atoms. The largest absolute Gasteiger partial charge is 0.392 e. The minimum Gasteiger partial charge on any atom is -0.392 e. The van der Waals surface area contributed by atoms with E-state index in [4.69, 9.17) is 9.69 Å². The van der Waals surface area contributed by atoms with E-state index in [2.05, 4.69) is 86.7 Å². The molecule has 1 heterocycles. The normalized spacial score (nSPS) is 13.2. The Labute approximate surface area is 211 Å². The van der Waals surface area contributed by atoms with Crippen LogP contribution in [0.15, 0.2) is 66.9 Å². The lowest BCUT2D eigenvalue weighted by Crippen LogP contribution is -2.45. The first-order valence-corrected chi connectivity index (χ1v) is 14.5. The van der Waals surface area contributed by atoms with E-state index in [0.29, 0.717) is 12.8 Å². The van der Waals surface area contributed by atoms with Gasteiger partial charge in [-0.1, -0.05) is 99.1 Å². The summed E-state index contributed by atoms with van der Waals surface area (Å²) in [6.45, 7) is 11.0. The Bertz CT molecular complexity index is 1150. The molecule has 2 aromatic carbocycles. The summed E-state index contributed by atoms with van der Waals surface area (Å²) in [4.78, 5) is 0. The Kier molecular flexibility index (Phi) is 9.43. The Balaban J connectivity index is 1.99. The average Bonchev–Trinajstić information content (AvgIpc) is 3.36. The van der Waals surface area contributed by atoms with Gasteiger partial charge in [0.15, 0.2) is 0 Å². The van der Waals surface area contributed by atoms with Crippen LogP contribution in [-0.2, 0) is 4.43 Å². The van der Waals surface area contributed by atoms with Crippen LogP contribution in [-0.4, -0.2) is 23.3 Å². The van der Waals surface area contributed by atoms with E-state index < -0.39 is 8.32 Å². The summed E-state index contributed by atoms with van der Waals surface area (Å²) in [5.74, 6) is 3.37. The number of hydrogen-bond acceptors (Lipinski definition) is 4. The standard InChI is InChI=1S/C29H36N4OSi/c1-23(2)35(24(3)4,21-15-7-6-14-20-30)34-29(27-18-12-9-13-19-27)28-22-33(32-31-28)25(5)26-16-10-8-11-17-26/h8-13,16-19,22-25,29H,6-7,14H2,1-5H3/t25-,29-/m1/s1. The van der Waals surface area contributed by atoms with Crippen LogP contribution < -0.4 is 0 Å². The average molecular weight is 485 g/mol. The van der Waals surface area contributed by atoms with Crippen molar-refractivity contribution in [2.75, 3.05) is 0 Å². The van der Waals surface area contributed by atoms with Crippen molar-refractivity contribution < 1.29 is 4.43 Å². The molecule has 2 atom stereocenters. The molecule has 0 radical (unpaired) electrons. The van der Waals surface area contributed by atoms with E-state index in [1.54, 1.807) is 0 Å². The molecular formula is C29H36N4OSi. The van der Waals surface area contributed by atoms with Crippen LogP contribution in [0.2, 0.25) is 11.1 Å². The molecule has 0 aliphatic carbocycles. The van der Waals surface area contributed by atoms with Crippen LogP contribution in [0.5, 0.6) is 0 Å². The second-order valence-electron chi connectivity index (χ2n) is 9.53. The lowest BCUT2D eigenvalue weighted by Gasteiger charge is -2.37. The van der Waals surface area contributed by atoms with Crippen molar-refractivity contribution in [2.45, 2.75) is 77.1 Å². The van der Waals surface area contributed by atoms with Gasteiger partial charge in [0.2, 0.25) is 0 Å². The van der Waals surface area contributed by atoms with Crippen molar-refractivity contribution in [3.8, 4) is 17.5 Å². The van der Waals surface area contributed by atoms with Crippen LogP contribution in [0.1, 0.15) is 82.8 Å². The second kappa shape index (κ2) is 12.5. The monoisotopic (exact) mass is 484 g/mol. The highest BCUT2D eigenvalue weighted by Gasteiger charge is 2.44. The Morgan fingerprint density at radius 1 is 0.886 bits per heavy atom. The maximum Gasteiger partial charge on any atom is 0.278 e. The number of rotatable bonds is 10. The summed E-state index contributed by atoms with van der Waals surface area (Å²) < 4.78 is 9.03. The summed E-state index contributed by atoms with van der Waals surface area (Å²) in [5.41, 5.74) is 7.22. The maximum absolute atomic E-state index is 8.86. The van der Waals surface area contributed by atoms with Crippen LogP contribution in [0.3, 0.4) is 0 Å². The van der Waals surface area contributed by atoms with E-state index in [1.807, 2.05) is 47.3 Å². The van der Waals surface area contributed by atoms with Crippen molar-refractivity contribution in [1.29, 1.82) is 5.26 Å². The summed E-state index contributed by atoms with van der Waals surface area (Å²) in [6, 6.07) is 22.8. The van der Waals surface area contributed by atoms with Crippen molar-refractivity contribution >= 4 is 8.32 Å². The minimum atomic E-state index is -2.54. The van der Waals surface area contributed by atoms with Crippen LogP contribution in [0, 0.1) is 22.8 Å². The van der Waals surface area contributed by atoms with Gasteiger partial charge >= 0.3 is 0 Å². The van der Waals surface area contributed by atoms with Gasteiger partial charge < -0.3 is 4.43 Å². The number of nitriles is 1. The molecule has 0 saturated heterocycles. The summed E-state index contributed by atoms with van der Waals surface area (Å²) in [6.07, 6.45) is 3.69. The Hall–Kier alpha value is -3.19. The van der Waals surface area contributed by atoms with Gasteiger partial charge in [0.25, 0.3) is 8.32 Å². The molecule has 0 fully saturated rings. The molecule has 3 rings (SSSR count). The first-order valence-electron chi connectivity index (χ1n) is 12.5. The summed E-state index contributed by atoms with van der Waals surface area (Å²) in [5, 5.41) is 17.9. The van der Waals surface area contributed by atoms with Gasteiger partial charge in [-0.15, -0.1) is 11.0 Å². The lowest BCUT2D eigenvalue weighted by atomic mass is 10.1. The van der Waals surface area contributed by atoms with Crippen LogP contribution in [0.4, 0.5) is 0 Å². The minimum absolute atomic E-state index is 0.0611. The molecule has 0 bridgehead atoms. The Morgan fingerprint density at radius 3 is 2.06 bits per heavy atom. The smallest absolute Gasteiger partial charge is 0.278 e. The predicted molar refractivity (Wildman–Crippen MR) is 143 cm³/mol. The first-order chi connectivity index (χ1) is 16.9. The topological polar surface area (TPSA) is 63.7 Å². The molecule has 5 nitrogen and oxygen atoms in total. The molecule has 3 aromatic rings. The van der Waals surface area contributed by atoms with E-state index in [0.717, 1.165) is 17.7 Å². The number of aromatic nitrogens is 3. The fraction of sp³-hybridized carbons (Fsp3) is 0.414. The van der Waals surface area contributed by atoms with E-state index in [9.17, 15) is 0 Å². The molecule has 0 aliphatic rings. The molecule has 35 heavy (non-hydrogen) atoms. The molecule has 182 valence electrons. The zero-order valence-corrected chi connectivity index (χ0v) is 22.5. The number of benzene rings is 2. The van der Waals surface area contributed by atoms with E-state index in [-0.39, 0.29) is 23.2 Å². The summed E-state index contributed by atoms with van der Waals surface area (Å²) in [7, 11) is -2.54. The van der Waals surface area contributed by atoms with E-state index >= 15 is 0 Å². The van der Waals surface area contributed by atoms with Crippen molar-refractivity contribution in [1.82, 2.24) is 15.0 Å². The summed E-state index contributed by atoms with van der Waals surface area (Å²) >= 11 is 0. The van der Waals surface area contributed by atoms with E-state index in [1.165, 1.54) is 5.56 Å². The maximum atomic E-state index is 8.86. The highest BCUT2D eigenvalue weighted by molar-refractivity contribution is 6.84. The van der Waals surface area contributed by atoms with Gasteiger partial charge in [0.1, 0.15) is 11.8 Å². The predicted octanol–water partition coefficient (Wildman–Crippen LogP) is 7.00. The van der Waals surface area contributed by atoms with Gasteiger partial charge in [0, 0.05) is 12.8 Å². The molecule has 1 aromatic heterocycles.